The lowest BCUT2D eigenvalue weighted by molar-refractivity contribution is 0.0943. The van der Waals surface area contributed by atoms with E-state index in [9.17, 15) is 4.79 Å². The van der Waals surface area contributed by atoms with Crippen LogP contribution in [0.25, 0.3) is 0 Å². The predicted molar refractivity (Wildman–Crippen MR) is 81.3 cm³/mol. The van der Waals surface area contributed by atoms with Crippen molar-refractivity contribution >= 4 is 17.3 Å². The molecule has 2 aromatic rings. The van der Waals surface area contributed by atoms with Gasteiger partial charge in [0.25, 0.3) is 5.91 Å². The smallest absolute Gasteiger partial charge is 0.253 e. The molecule has 1 aromatic heterocycles. The highest BCUT2D eigenvalue weighted by Crippen LogP contribution is 2.20. The van der Waals surface area contributed by atoms with E-state index in [1.54, 1.807) is 30.5 Å². The highest BCUT2D eigenvalue weighted by Gasteiger charge is 2.09. The Morgan fingerprint density at radius 1 is 1.29 bits per heavy atom. The maximum Gasteiger partial charge on any atom is 0.253 e. The molecule has 1 aromatic carbocycles. The Morgan fingerprint density at radius 3 is 2.76 bits per heavy atom. The van der Waals surface area contributed by atoms with Gasteiger partial charge in [0.15, 0.2) is 0 Å². The zero-order valence-electron chi connectivity index (χ0n) is 11.9. The van der Waals surface area contributed by atoms with Crippen LogP contribution in [-0.4, -0.2) is 16.9 Å². The molecule has 0 aliphatic rings. The van der Waals surface area contributed by atoms with Gasteiger partial charge in [-0.05, 0) is 32.0 Å². The first-order chi connectivity index (χ1) is 10.1. The SMILES string of the molecule is CC(C)NC(=O)c1cncc(Nc2ccccc2C#N)c1. The number of benzene rings is 1. The summed E-state index contributed by atoms with van der Waals surface area (Å²) in [6, 6.07) is 11.1. The van der Waals surface area contributed by atoms with Gasteiger partial charge in [0.05, 0.1) is 28.7 Å². The van der Waals surface area contributed by atoms with Crippen molar-refractivity contribution in [2.24, 2.45) is 0 Å². The molecular weight excluding hydrogens is 264 g/mol. The Kier molecular flexibility index (Phi) is 4.52. The number of para-hydroxylation sites is 1. The van der Waals surface area contributed by atoms with Crippen molar-refractivity contribution in [3.8, 4) is 6.07 Å². The van der Waals surface area contributed by atoms with E-state index in [0.717, 1.165) is 0 Å². The summed E-state index contributed by atoms with van der Waals surface area (Å²) in [6.45, 7) is 3.80. The summed E-state index contributed by atoms with van der Waals surface area (Å²) in [6.07, 6.45) is 3.12. The molecule has 0 saturated heterocycles. The largest absolute Gasteiger partial charge is 0.353 e. The van der Waals surface area contributed by atoms with E-state index < -0.39 is 0 Å². The maximum absolute atomic E-state index is 12.0. The van der Waals surface area contributed by atoms with Crippen molar-refractivity contribution in [3.63, 3.8) is 0 Å². The maximum atomic E-state index is 12.0. The lowest BCUT2D eigenvalue weighted by atomic mass is 10.2. The molecule has 0 bridgehead atoms. The van der Waals surface area contributed by atoms with E-state index in [1.165, 1.54) is 6.20 Å². The van der Waals surface area contributed by atoms with E-state index in [4.69, 9.17) is 5.26 Å². The molecule has 0 radical (unpaired) electrons. The van der Waals surface area contributed by atoms with E-state index in [0.29, 0.717) is 22.5 Å². The molecule has 1 heterocycles. The van der Waals surface area contributed by atoms with E-state index in [1.807, 2.05) is 19.9 Å². The average Bonchev–Trinajstić information content (AvgIpc) is 2.47. The van der Waals surface area contributed by atoms with Gasteiger partial charge >= 0.3 is 0 Å². The minimum atomic E-state index is -0.172. The van der Waals surface area contributed by atoms with Crippen LogP contribution in [0, 0.1) is 11.3 Å². The first kappa shape index (κ1) is 14.5. The van der Waals surface area contributed by atoms with Crippen LogP contribution in [-0.2, 0) is 0 Å². The van der Waals surface area contributed by atoms with Gasteiger partial charge in [-0.2, -0.15) is 5.26 Å². The van der Waals surface area contributed by atoms with Crippen LogP contribution in [0.3, 0.4) is 0 Å². The molecule has 0 aliphatic carbocycles. The van der Waals surface area contributed by atoms with Crippen LogP contribution < -0.4 is 10.6 Å². The molecule has 0 aliphatic heterocycles. The third-order valence-corrected chi connectivity index (χ3v) is 2.75. The van der Waals surface area contributed by atoms with Gasteiger partial charge in [0.1, 0.15) is 6.07 Å². The molecular formula is C16H16N4O. The summed E-state index contributed by atoms with van der Waals surface area (Å²) in [5.74, 6) is -0.172. The van der Waals surface area contributed by atoms with Crippen molar-refractivity contribution in [2.45, 2.75) is 19.9 Å². The molecule has 0 fully saturated rings. The highest BCUT2D eigenvalue weighted by molar-refractivity contribution is 5.95. The molecule has 0 unspecified atom stereocenters. The number of amides is 1. The topological polar surface area (TPSA) is 77.8 Å². The number of carbonyl (C=O) groups excluding carboxylic acids is 1. The van der Waals surface area contributed by atoms with Gasteiger partial charge in [0, 0.05) is 12.2 Å². The third-order valence-electron chi connectivity index (χ3n) is 2.75. The molecule has 0 atom stereocenters. The molecule has 5 nitrogen and oxygen atoms in total. The second-order valence-electron chi connectivity index (χ2n) is 4.87. The number of carbonyl (C=O) groups is 1. The van der Waals surface area contributed by atoms with Crippen LogP contribution in [0.15, 0.2) is 42.7 Å². The van der Waals surface area contributed by atoms with E-state index in [2.05, 4.69) is 21.7 Å². The number of rotatable bonds is 4. The second kappa shape index (κ2) is 6.53. The highest BCUT2D eigenvalue weighted by atomic mass is 16.1. The van der Waals surface area contributed by atoms with Gasteiger partial charge in [0.2, 0.25) is 0 Å². The summed E-state index contributed by atoms with van der Waals surface area (Å²) >= 11 is 0. The van der Waals surface area contributed by atoms with Crippen LogP contribution in [0.1, 0.15) is 29.8 Å². The second-order valence-corrected chi connectivity index (χ2v) is 4.87. The summed E-state index contributed by atoms with van der Waals surface area (Å²) in [7, 11) is 0. The first-order valence-corrected chi connectivity index (χ1v) is 6.62. The summed E-state index contributed by atoms with van der Waals surface area (Å²) < 4.78 is 0. The number of nitriles is 1. The number of hydrogen-bond acceptors (Lipinski definition) is 4. The fourth-order valence-corrected chi connectivity index (χ4v) is 1.82. The molecule has 0 saturated carbocycles. The Morgan fingerprint density at radius 2 is 2.05 bits per heavy atom. The number of anilines is 2. The van der Waals surface area contributed by atoms with Crippen LogP contribution in [0.2, 0.25) is 0 Å². The van der Waals surface area contributed by atoms with E-state index >= 15 is 0 Å². The minimum absolute atomic E-state index is 0.0634. The molecule has 21 heavy (non-hydrogen) atoms. The van der Waals surface area contributed by atoms with Crippen molar-refractivity contribution in [3.05, 3.63) is 53.9 Å². The molecule has 1 amide bonds. The van der Waals surface area contributed by atoms with Crippen molar-refractivity contribution < 1.29 is 4.79 Å². The quantitative estimate of drug-likeness (QED) is 0.902. The summed E-state index contributed by atoms with van der Waals surface area (Å²) in [5, 5.41) is 15.0. The normalized spacial score (nSPS) is 10.0. The average molecular weight is 280 g/mol. The van der Waals surface area contributed by atoms with Gasteiger partial charge in [-0.15, -0.1) is 0 Å². The van der Waals surface area contributed by atoms with Gasteiger partial charge in [-0.1, -0.05) is 12.1 Å². The molecule has 2 rings (SSSR count). The monoisotopic (exact) mass is 280 g/mol. The van der Waals surface area contributed by atoms with Crippen molar-refractivity contribution in [1.82, 2.24) is 10.3 Å². The zero-order chi connectivity index (χ0) is 15.2. The van der Waals surface area contributed by atoms with Crippen molar-refractivity contribution in [1.29, 1.82) is 5.26 Å². The Hall–Kier alpha value is -2.87. The fourth-order valence-electron chi connectivity index (χ4n) is 1.82. The molecule has 2 N–H and O–H groups in total. The minimum Gasteiger partial charge on any atom is -0.353 e. The summed E-state index contributed by atoms with van der Waals surface area (Å²) in [4.78, 5) is 16.0. The standard InChI is InChI=1S/C16H16N4O/c1-11(2)19-16(21)13-7-14(10-18-9-13)20-15-6-4-3-5-12(15)8-17/h3-7,9-11,20H,1-2H3,(H,19,21). The fraction of sp³-hybridized carbons (Fsp3) is 0.188. The number of pyridine rings is 1. The van der Waals surface area contributed by atoms with Crippen molar-refractivity contribution in [2.75, 3.05) is 5.32 Å². The molecule has 0 spiro atoms. The Bertz CT molecular complexity index is 689. The lowest BCUT2D eigenvalue weighted by Gasteiger charge is -2.11. The van der Waals surface area contributed by atoms with Gasteiger partial charge in [-0.3, -0.25) is 9.78 Å². The molecule has 5 heteroatoms. The van der Waals surface area contributed by atoms with Gasteiger partial charge in [-0.25, -0.2) is 0 Å². The van der Waals surface area contributed by atoms with Crippen LogP contribution in [0.4, 0.5) is 11.4 Å². The third kappa shape index (κ3) is 3.80. The number of hydrogen-bond donors (Lipinski definition) is 2. The van der Waals surface area contributed by atoms with Gasteiger partial charge < -0.3 is 10.6 Å². The Labute approximate surface area is 123 Å². The predicted octanol–water partition coefficient (Wildman–Crippen LogP) is 2.84. The number of nitrogens with zero attached hydrogens (tertiary/aromatic N) is 2. The Balaban J connectivity index is 2.22. The number of nitrogens with one attached hydrogen (secondary N) is 2. The van der Waals surface area contributed by atoms with Crippen LogP contribution in [0.5, 0.6) is 0 Å². The first-order valence-electron chi connectivity index (χ1n) is 6.62. The zero-order valence-corrected chi connectivity index (χ0v) is 11.9. The summed E-state index contributed by atoms with van der Waals surface area (Å²) in [5.41, 5.74) is 2.36. The van der Waals surface area contributed by atoms with E-state index in [-0.39, 0.29) is 11.9 Å². The number of aromatic nitrogens is 1. The van der Waals surface area contributed by atoms with Crippen LogP contribution >= 0.6 is 0 Å². The molecule has 106 valence electrons. The lowest BCUT2D eigenvalue weighted by Crippen LogP contribution is -2.30.